The van der Waals surface area contributed by atoms with Gasteiger partial charge in [0, 0.05) is 43.4 Å². The summed E-state index contributed by atoms with van der Waals surface area (Å²) in [6.07, 6.45) is 3.30. The van der Waals surface area contributed by atoms with Crippen LogP contribution in [0.5, 0.6) is 0 Å². The monoisotopic (exact) mass is 489 g/mol. The number of benzene rings is 2. The van der Waals surface area contributed by atoms with E-state index >= 15 is 0 Å². The van der Waals surface area contributed by atoms with Gasteiger partial charge in [-0.3, -0.25) is 14.3 Å². The molecule has 2 saturated heterocycles. The summed E-state index contributed by atoms with van der Waals surface area (Å²) >= 11 is 0. The Kier molecular flexibility index (Phi) is 7.47. The molecule has 2 N–H and O–H groups in total. The van der Waals surface area contributed by atoms with Crippen LogP contribution in [0, 0.1) is 11.7 Å². The minimum absolute atomic E-state index is 0.0143. The fourth-order valence-corrected chi connectivity index (χ4v) is 5.26. The fraction of sp³-hybridized carbons (Fsp3) is 0.417. The number of sulfonamides is 1. The van der Waals surface area contributed by atoms with Crippen molar-refractivity contribution in [3.8, 4) is 0 Å². The maximum absolute atomic E-state index is 13.1. The Balaban J connectivity index is 1.28. The molecule has 4 rings (SSSR count). The summed E-state index contributed by atoms with van der Waals surface area (Å²) in [5.41, 5.74) is 0.730. The van der Waals surface area contributed by atoms with Crippen molar-refractivity contribution in [2.24, 2.45) is 5.92 Å². The number of piperidine rings is 1. The summed E-state index contributed by atoms with van der Waals surface area (Å²) in [7, 11) is -3.87. The van der Waals surface area contributed by atoms with E-state index in [4.69, 9.17) is 4.74 Å². The highest BCUT2D eigenvalue weighted by Crippen LogP contribution is 2.22. The molecule has 0 bridgehead atoms. The summed E-state index contributed by atoms with van der Waals surface area (Å²) in [5.74, 6) is -0.787. The lowest BCUT2D eigenvalue weighted by Gasteiger charge is -2.31. The minimum atomic E-state index is -3.87. The predicted octanol–water partition coefficient (Wildman–Crippen LogP) is 2.77. The lowest BCUT2D eigenvalue weighted by molar-refractivity contribution is -0.126. The first-order valence-corrected chi connectivity index (χ1v) is 12.9. The number of carbonyl (C=O) groups is 2. The van der Waals surface area contributed by atoms with Crippen LogP contribution in [0.4, 0.5) is 10.1 Å². The average molecular weight is 490 g/mol. The van der Waals surface area contributed by atoms with Crippen molar-refractivity contribution in [3.05, 3.63) is 59.9 Å². The number of rotatable bonds is 7. The smallest absolute Gasteiger partial charge is 0.261 e. The predicted molar refractivity (Wildman–Crippen MR) is 124 cm³/mol. The molecule has 2 amide bonds. The number of nitrogens with zero attached hydrogens (tertiary/aromatic N) is 1. The van der Waals surface area contributed by atoms with Crippen molar-refractivity contribution in [1.82, 2.24) is 10.2 Å². The SMILES string of the molecule is O=C(NC[C@H]1CCCO1)C1CCN(C(=O)c2ccc(NS(=O)(=O)c3ccc(F)cc3)cc2)CC1. The molecular formula is C24H28FN3O5S. The quantitative estimate of drug-likeness (QED) is 0.622. The van der Waals surface area contributed by atoms with Gasteiger partial charge in [-0.15, -0.1) is 0 Å². The Hall–Kier alpha value is -2.98. The van der Waals surface area contributed by atoms with E-state index in [1.54, 1.807) is 17.0 Å². The molecule has 0 aliphatic carbocycles. The molecule has 0 saturated carbocycles. The number of anilines is 1. The van der Waals surface area contributed by atoms with E-state index in [1.165, 1.54) is 24.3 Å². The first-order chi connectivity index (χ1) is 16.3. The fourth-order valence-electron chi connectivity index (χ4n) is 4.20. The molecule has 0 radical (unpaired) electrons. The molecule has 34 heavy (non-hydrogen) atoms. The Morgan fingerprint density at radius 3 is 2.29 bits per heavy atom. The Morgan fingerprint density at radius 2 is 1.68 bits per heavy atom. The van der Waals surface area contributed by atoms with Crippen LogP contribution in [-0.4, -0.2) is 57.5 Å². The second kappa shape index (κ2) is 10.5. The van der Waals surface area contributed by atoms with Crippen LogP contribution in [-0.2, 0) is 19.6 Å². The zero-order valence-corrected chi connectivity index (χ0v) is 19.5. The van der Waals surface area contributed by atoms with Crippen molar-refractivity contribution in [2.45, 2.75) is 36.7 Å². The first-order valence-electron chi connectivity index (χ1n) is 11.4. The second-order valence-corrected chi connectivity index (χ2v) is 10.3. The molecule has 8 nitrogen and oxygen atoms in total. The molecule has 2 aliphatic heterocycles. The van der Waals surface area contributed by atoms with Crippen LogP contribution in [0.1, 0.15) is 36.0 Å². The first kappa shape index (κ1) is 24.2. The molecule has 182 valence electrons. The number of carbonyl (C=O) groups excluding carboxylic acids is 2. The number of ether oxygens (including phenoxy) is 1. The van der Waals surface area contributed by atoms with Gasteiger partial charge < -0.3 is 15.0 Å². The van der Waals surface area contributed by atoms with E-state index in [2.05, 4.69) is 10.0 Å². The van der Waals surface area contributed by atoms with Crippen LogP contribution < -0.4 is 10.0 Å². The van der Waals surface area contributed by atoms with Gasteiger partial charge in [0.05, 0.1) is 11.0 Å². The highest BCUT2D eigenvalue weighted by molar-refractivity contribution is 7.92. The van der Waals surface area contributed by atoms with Gasteiger partial charge in [-0.25, -0.2) is 12.8 Å². The molecule has 2 aromatic rings. The maximum atomic E-state index is 13.1. The van der Waals surface area contributed by atoms with E-state index < -0.39 is 15.8 Å². The Bertz CT molecular complexity index is 1110. The second-order valence-electron chi connectivity index (χ2n) is 8.58. The molecule has 2 aliphatic rings. The molecule has 2 heterocycles. The Morgan fingerprint density at radius 1 is 1.00 bits per heavy atom. The summed E-state index contributed by atoms with van der Waals surface area (Å²) in [6, 6.07) is 10.7. The zero-order valence-electron chi connectivity index (χ0n) is 18.7. The van der Waals surface area contributed by atoms with Crippen LogP contribution in [0.25, 0.3) is 0 Å². The number of hydrogen-bond acceptors (Lipinski definition) is 5. The summed E-state index contributed by atoms with van der Waals surface area (Å²) in [6.45, 7) is 2.25. The summed E-state index contributed by atoms with van der Waals surface area (Å²) in [5, 5.41) is 2.97. The molecular weight excluding hydrogens is 461 g/mol. The molecule has 0 unspecified atom stereocenters. The van der Waals surface area contributed by atoms with Gasteiger partial charge >= 0.3 is 0 Å². The van der Waals surface area contributed by atoms with Crippen LogP contribution in [0.15, 0.2) is 53.4 Å². The number of hydrogen-bond donors (Lipinski definition) is 2. The van der Waals surface area contributed by atoms with Crippen LogP contribution in [0.2, 0.25) is 0 Å². The molecule has 2 aromatic carbocycles. The minimum Gasteiger partial charge on any atom is -0.376 e. The van der Waals surface area contributed by atoms with Crippen molar-refractivity contribution in [2.75, 3.05) is 31.0 Å². The highest BCUT2D eigenvalue weighted by Gasteiger charge is 2.28. The van der Waals surface area contributed by atoms with Crippen LogP contribution in [0.3, 0.4) is 0 Å². The topological polar surface area (TPSA) is 105 Å². The molecule has 0 spiro atoms. The number of amides is 2. The van der Waals surface area contributed by atoms with Crippen molar-refractivity contribution >= 4 is 27.5 Å². The molecule has 0 aromatic heterocycles. The van der Waals surface area contributed by atoms with Gasteiger partial charge in [0.1, 0.15) is 5.82 Å². The molecule has 10 heteroatoms. The average Bonchev–Trinajstić information content (AvgIpc) is 3.36. The van der Waals surface area contributed by atoms with Gasteiger partial charge in [0.25, 0.3) is 15.9 Å². The summed E-state index contributed by atoms with van der Waals surface area (Å²) in [4.78, 5) is 26.9. The van der Waals surface area contributed by atoms with E-state index in [0.717, 1.165) is 31.6 Å². The zero-order chi connectivity index (χ0) is 24.1. The van der Waals surface area contributed by atoms with Gasteiger partial charge in [0.15, 0.2) is 0 Å². The largest absolute Gasteiger partial charge is 0.376 e. The third kappa shape index (κ3) is 5.92. The third-order valence-corrected chi connectivity index (χ3v) is 7.59. The van der Waals surface area contributed by atoms with Crippen molar-refractivity contribution in [1.29, 1.82) is 0 Å². The van der Waals surface area contributed by atoms with Gasteiger partial charge in [0.2, 0.25) is 5.91 Å². The van der Waals surface area contributed by atoms with Crippen molar-refractivity contribution < 1.29 is 27.1 Å². The maximum Gasteiger partial charge on any atom is 0.261 e. The normalized spacial score (nSPS) is 19.1. The lowest BCUT2D eigenvalue weighted by atomic mass is 9.95. The van der Waals surface area contributed by atoms with Crippen LogP contribution >= 0.6 is 0 Å². The van der Waals surface area contributed by atoms with Gasteiger partial charge in [-0.1, -0.05) is 0 Å². The van der Waals surface area contributed by atoms with E-state index in [1.807, 2.05) is 0 Å². The van der Waals surface area contributed by atoms with E-state index in [9.17, 15) is 22.4 Å². The number of likely N-dealkylation sites (tertiary alicyclic amines) is 1. The van der Waals surface area contributed by atoms with Crippen molar-refractivity contribution in [3.63, 3.8) is 0 Å². The molecule has 2 fully saturated rings. The standard InChI is InChI=1S/C24H28FN3O5S/c25-19-5-9-22(10-6-19)34(31,32)27-20-7-3-18(4-8-20)24(30)28-13-11-17(12-14-28)23(29)26-16-21-2-1-15-33-21/h3-10,17,21,27H,1-2,11-16H2,(H,26,29)/t21-/m1/s1. The number of nitrogens with one attached hydrogen (secondary N) is 2. The highest BCUT2D eigenvalue weighted by atomic mass is 32.2. The van der Waals surface area contributed by atoms with E-state index in [0.29, 0.717) is 43.7 Å². The van der Waals surface area contributed by atoms with Gasteiger partial charge in [-0.05, 0) is 74.2 Å². The lowest BCUT2D eigenvalue weighted by Crippen LogP contribution is -2.44. The summed E-state index contributed by atoms with van der Waals surface area (Å²) < 4.78 is 45.9. The third-order valence-electron chi connectivity index (χ3n) is 6.19. The van der Waals surface area contributed by atoms with E-state index in [-0.39, 0.29) is 28.7 Å². The Labute approximate surface area is 198 Å². The number of halogens is 1. The molecule has 1 atom stereocenters. The van der Waals surface area contributed by atoms with Gasteiger partial charge in [-0.2, -0.15) is 0 Å².